The van der Waals surface area contributed by atoms with Gasteiger partial charge in [-0.2, -0.15) is 0 Å². The largest absolute Gasteiger partial charge is 0.497 e. The van der Waals surface area contributed by atoms with E-state index in [0.29, 0.717) is 13.0 Å². The van der Waals surface area contributed by atoms with Gasteiger partial charge in [0, 0.05) is 20.2 Å². The van der Waals surface area contributed by atoms with Crippen LogP contribution in [0.4, 0.5) is 0 Å². The van der Waals surface area contributed by atoms with Gasteiger partial charge >= 0.3 is 0 Å². The van der Waals surface area contributed by atoms with Crippen molar-refractivity contribution in [3.05, 3.63) is 29.8 Å². The highest BCUT2D eigenvalue weighted by Crippen LogP contribution is 2.34. The quantitative estimate of drug-likeness (QED) is 0.869. The molecule has 2 atom stereocenters. The number of hydrogen-bond donors (Lipinski definition) is 1. The second kappa shape index (κ2) is 8.98. The van der Waals surface area contributed by atoms with Crippen LogP contribution in [-0.4, -0.2) is 44.2 Å². The van der Waals surface area contributed by atoms with Crippen molar-refractivity contribution in [3.8, 4) is 5.75 Å². The first-order valence-electron chi connectivity index (χ1n) is 7.36. The number of halogens is 1. The molecule has 22 heavy (non-hydrogen) atoms. The first-order valence-corrected chi connectivity index (χ1v) is 7.36. The van der Waals surface area contributed by atoms with Crippen LogP contribution in [0.2, 0.25) is 0 Å². The van der Waals surface area contributed by atoms with E-state index < -0.39 is 0 Å². The maximum atomic E-state index is 12.5. The van der Waals surface area contributed by atoms with Crippen molar-refractivity contribution < 1.29 is 14.3 Å². The number of ether oxygens (including phenoxy) is 2. The van der Waals surface area contributed by atoms with Gasteiger partial charge in [-0.05, 0) is 30.5 Å². The van der Waals surface area contributed by atoms with Crippen molar-refractivity contribution in [1.29, 1.82) is 0 Å². The molecule has 1 heterocycles. The molecule has 0 spiro atoms. The van der Waals surface area contributed by atoms with Crippen molar-refractivity contribution in [2.75, 3.05) is 27.3 Å². The number of likely N-dealkylation sites (tertiary alicyclic amines) is 1. The Morgan fingerprint density at radius 1 is 1.45 bits per heavy atom. The Hall–Kier alpha value is -1.30. The van der Waals surface area contributed by atoms with Gasteiger partial charge in [-0.25, -0.2) is 0 Å². The third-order valence-electron chi connectivity index (χ3n) is 4.05. The van der Waals surface area contributed by atoms with Gasteiger partial charge in [-0.15, -0.1) is 12.4 Å². The van der Waals surface area contributed by atoms with Gasteiger partial charge in [0.25, 0.3) is 0 Å². The van der Waals surface area contributed by atoms with E-state index in [1.54, 1.807) is 14.2 Å². The summed E-state index contributed by atoms with van der Waals surface area (Å²) in [6.45, 7) is 1.15. The number of rotatable bonds is 6. The molecule has 1 aliphatic heterocycles. The van der Waals surface area contributed by atoms with Crippen LogP contribution in [0.25, 0.3) is 0 Å². The molecule has 1 aromatic rings. The molecule has 0 radical (unpaired) electrons. The maximum Gasteiger partial charge on any atom is 0.225 e. The fourth-order valence-corrected chi connectivity index (χ4v) is 2.84. The van der Waals surface area contributed by atoms with Crippen LogP contribution in [-0.2, 0) is 9.53 Å². The number of nitrogens with two attached hydrogens (primary N) is 1. The molecule has 6 heteroatoms. The number of carbonyl (C=O) groups is 1. The summed E-state index contributed by atoms with van der Waals surface area (Å²) in [6, 6.07) is 8.07. The summed E-state index contributed by atoms with van der Waals surface area (Å²) >= 11 is 0. The van der Waals surface area contributed by atoms with Crippen LogP contribution in [0.15, 0.2) is 24.3 Å². The average molecular weight is 329 g/mol. The molecule has 1 aromatic carbocycles. The summed E-state index contributed by atoms with van der Waals surface area (Å²) in [7, 11) is 3.25. The molecule has 5 nitrogen and oxygen atoms in total. The SMILES string of the molecule is COc1cccc(C2CCCN2C(=O)CC(CN)OC)c1.Cl. The van der Waals surface area contributed by atoms with Crippen LogP contribution < -0.4 is 10.5 Å². The van der Waals surface area contributed by atoms with Gasteiger partial charge in [-0.3, -0.25) is 4.79 Å². The van der Waals surface area contributed by atoms with E-state index in [9.17, 15) is 4.79 Å². The smallest absolute Gasteiger partial charge is 0.225 e. The van der Waals surface area contributed by atoms with Gasteiger partial charge in [0.1, 0.15) is 5.75 Å². The fourth-order valence-electron chi connectivity index (χ4n) is 2.84. The lowest BCUT2D eigenvalue weighted by Crippen LogP contribution is -2.35. The van der Waals surface area contributed by atoms with E-state index >= 15 is 0 Å². The van der Waals surface area contributed by atoms with Crippen LogP contribution in [0.5, 0.6) is 5.75 Å². The zero-order valence-corrected chi connectivity index (χ0v) is 14.0. The molecule has 124 valence electrons. The topological polar surface area (TPSA) is 64.8 Å². The van der Waals surface area contributed by atoms with E-state index in [1.165, 1.54) is 0 Å². The molecule has 0 saturated carbocycles. The van der Waals surface area contributed by atoms with Crippen LogP contribution in [0, 0.1) is 0 Å². The molecule has 2 rings (SSSR count). The minimum Gasteiger partial charge on any atom is -0.497 e. The molecule has 0 aliphatic carbocycles. The van der Waals surface area contributed by atoms with Crippen LogP contribution in [0.1, 0.15) is 30.9 Å². The zero-order valence-electron chi connectivity index (χ0n) is 13.2. The van der Waals surface area contributed by atoms with Crippen molar-refractivity contribution >= 4 is 18.3 Å². The number of carbonyl (C=O) groups excluding carboxylic acids is 1. The van der Waals surface area contributed by atoms with E-state index in [-0.39, 0.29) is 30.5 Å². The van der Waals surface area contributed by atoms with E-state index in [0.717, 1.165) is 30.7 Å². The molecule has 1 amide bonds. The lowest BCUT2D eigenvalue weighted by atomic mass is 10.0. The first-order chi connectivity index (χ1) is 10.2. The van der Waals surface area contributed by atoms with Gasteiger partial charge in [0.2, 0.25) is 5.91 Å². The summed E-state index contributed by atoms with van der Waals surface area (Å²) < 4.78 is 10.5. The summed E-state index contributed by atoms with van der Waals surface area (Å²) in [5.74, 6) is 0.932. The van der Waals surface area contributed by atoms with Crippen molar-refractivity contribution in [2.24, 2.45) is 5.73 Å². The minimum atomic E-state index is -0.205. The molecular weight excluding hydrogens is 304 g/mol. The second-order valence-corrected chi connectivity index (χ2v) is 5.32. The number of benzene rings is 1. The number of methoxy groups -OCH3 is 2. The highest BCUT2D eigenvalue weighted by atomic mass is 35.5. The lowest BCUT2D eigenvalue weighted by Gasteiger charge is -2.27. The predicted molar refractivity (Wildman–Crippen MR) is 88.4 cm³/mol. The Labute approximate surface area is 138 Å². The van der Waals surface area contributed by atoms with Gasteiger partial charge < -0.3 is 20.1 Å². The third-order valence-corrected chi connectivity index (χ3v) is 4.05. The number of hydrogen-bond acceptors (Lipinski definition) is 4. The minimum absolute atomic E-state index is 0. The predicted octanol–water partition coefficient (Wildman–Crippen LogP) is 2.14. The Morgan fingerprint density at radius 3 is 2.86 bits per heavy atom. The maximum absolute atomic E-state index is 12.5. The molecule has 1 aliphatic rings. The summed E-state index contributed by atoms with van der Waals surface area (Å²) in [5.41, 5.74) is 6.73. The van der Waals surface area contributed by atoms with Crippen LogP contribution in [0.3, 0.4) is 0 Å². The number of nitrogens with zero attached hydrogens (tertiary/aromatic N) is 1. The van der Waals surface area contributed by atoms with E-state index in [4.69, 9.17) is 15.2 Å². The van der Waals surface area contributed by atoms with Crippen LogP contribution >= 0.6 is 12.4 Å². The van der Waals surface area contributed by atoms with Crippen molar-refractivity contribution in [3.63, 3.8) is 0 Å². The standard InChI is InChI=1S/C16H24N2O3.ClH/c1-20-13-6-3-5-12(9-13)15-7-4-8-18(15)16(19)10-14(11-17)21-2;/h3,5-6,9,14-15H,4,7-8,10-11,17H2,1-2H3;1H. The summed E-state index contributed by atoms with van der Waals surface area (Å²) in [5, 5.41) is 0. The summed E-state index contributed by atoms with van der Waals surface area (Å²) in [4.78, 5) is 14.4. The highest BCUT2D eigenvalue weighted by molar-refractivity contribution is 5.85. The molecule has 1 saturated heterocycles. The normalized spacial score (nSPS) is 18.7. The van der Waals surface area contributed by atoms with Crippen molar-refractivity contribution in [2.45, 2.75) is 31.4 Å². The Kier molecular flexibility index (Phi) is 7.65. The fraction of sp³-hybridized carbons (Fsp3) is 0.562. The molecule has 2 unspecified atom stereocenters. The van der Waals surface area contributed by atoms with E-state index in [2.05, 4.69) is 6.07 Å². The molecular formula is C16H25ClN2O3. The Bertz CT molecular complexity index is 480. The highest BCUT2D eigenvalue weighted by Gasteiger charge is 2.31. The lowest BCUT2D eigenvalue weighted by molar-refractivity contribution is -0.134. The van der Waals surface area contributed by atoms with Gasteiger partial charge in [0.15, 0.2) is 0 Å². The number of amides is 1. The average Bonchev–Trinajstić information content (AvgIpc) is 3.02. The molecule has 2 N–H and O–H groups in total. The summed E-state index contributed by atoms with van der Waals surface area (Å²) in [6.07, 6.45) is 2.14. The van der Waals surface area contributed by atoms with E-state index in [1.807, 2.05) is 23.1 Å². The Balaban J connectivity index is 0.00000242. The Morgan fingerprint density at radius 2 is 2.23 bits per heavy atom. The third kappa shape index (κ3) is 4.35. The first kappa shape index (κ1) is 18.7. The monoisotopic (exact) mass is 328 g/mol. The second-order valence-electron chi connectivity index (χ2n) is 5.32. The van der Waals surface area contributed by atoms with Gasteiger partial charge in [0.05, 0.1) is 25.7 Å². The molecule has 1 fully saturated rings. The zero-order chi connectivity index (χ0) is 15.2. The van der Waals surface area contributed by atoms with Crippen molar-refractivity contribution in [1.82, 2.24) is 4.90 Å². The molecule has 0 bridgehead atoms. The molecule has 0 aromatic heterocycles. The van der Waals surface area contributed by atoms with Gasteiger partial charge in [-0.1, -0.05) is 12.1 Å².